The third-order valence-electron chi connectivity index (χ3n) is 4.58. The minimum Gasteiger partial charge on any atom is -0.456 e. The fourth-order valence-electron chi connectivity index (χ4n) is 3.30. The lowest BCUT2D eigenvalue weighted by Crippen LogP contribution is -2.36. The lowest BCUT2D eigenvalue weighted by molar-refractivity contribution is 0.165. The average Bonchev–Trinajstić information content (AvgIpc) is 3.14. The van der Waals surface area contributed by atoms with Gasteiger partial charge in [0.15, 0.2) is 5.76 Å². The summed E-state index contributed by atoms with van der Waals surface area (Å²) in [6.45, 7) is 5.27. The zero-order chi connectivity index (χ0) is 16.2. The minimum absolute atomic E-state index is 0.551. The van der Waals surface area contributed by atoms with Gasteiger partial charge < -0.3 is 8.83 Å². The summed E-state index contributed by atoms with van der Waals surface area (Å²) >= 11 is 0. The summed E-state index contributed by atoms with van der Waals surface area (Å²) in [7, 11) is 0. The molecule has 2 heterocycles. The average molecular weight is 312 g/mol. The summed E-state index contributed by atoms with van der Waals surface area (Å²) in [5.41, 5.74) is 0.954. The molecule has 0 radical (unpaired) electrons. The molecule has 1 aliphatic rings. The van der Waals surface area contributed by atoms with E-state index in [-0.39, 0.29) is 0 Å². The summed E-state index contributed by atoms with van der Waals surface area (Å²) in [4.78, 5) is 7.00. The van der Waals surface area contributed by atoms with Gasteiger partial charge in [0.1, 0.15) is 11.5 Å². The van der Waals surface area contributed by atoms with Gasteiger partial charge in [0.05, 0.1) is 12.2 Å². The van der Waals surface area contributed by atoms with Crippen LogP contribution >= 0.6 is 0 Å². The van der Waals surface area contributed by atoms with E-state index < -0.39 is 0 Å². The van der Waals surface area contributed by atoms with Crippen LogP contribution in [0.1, 0.15) is 49.3 Å². The lowest BCUT2D eigenvalue weighted by atomic mass is 9.94. The van der Waals surface area contributed by atoms with Gasteiger partial charge in [-0.25, -0.2) is 4.98 Å². The number of hydrogen-bond donors (Lipinski definition) is 0. The molecule has 4 heteroatoms. The normalized spacial score (nSPS) is 15.9. The highest BCUT2D eigenvalue weighted by atomic mass is 16.4. The van der Waals surface area contributed by atoms with Crippen LogP contribution in [0.3, 0.4) is 0 Å². The first-order chi connectivity index (χ1) is 11.2. The zero-order valence-electron chi connectivity index (χ0n) is 14.0. The molecule has 0 amide bonds. The summed E-state index contributed by atoms with van der Waals surface area (Å²) in [6.07, 6.45) is 11.9. The number of oxazole rings is 1. The topological polar surface area (TPSA) is 42.4 Å². The zero-order valence-corrected chi connectivity index (χ0v) is 14.0. The first kappa shape index (κ1) is 15.9. The maximum atomic E-state index is 5.80. The van der Waals surface area contributed by atoms with E-state index in [1.165, 1.54) is 32.1 Å². The number of rotatable bonds is 5. The molecule has 0 aliphatic heterocycles. The van der Waals surface area contributed by atoms with Crippen molar-refractivity contribution in [1.82, 2.24) is 9.88 Å². The van der Waals surface area contributed by atoms with Crippen molar-refractivity contribution < 1.29 is 8.83 Å². The van der Waals surface area contributed by atoms with Crippen molar-refractivity contribution in [3.63, 3.8) is 0 Å². The molecule has 1 saturated carbocycles. The molecule has 4 nitrogen and oxygen atoms in total. The van der Waals surface area contributed by atoms with Gasteiger partial charge in [-0.1, -0.05) is 25.2 Å². The molecule has 0 atom stereocenters. The first-order valence-corrected chi connectivity index (χ1v) is 8.38. The van der Waals surface area contributed by atoms with E-state index in [4.69, 9.17) is 15.3 Å². The highest BCUT2D eigenvalue weighted by Crippen LogP contribution is 2.27. The van der Waals surface area contributed by atoms with Gasteiger partial charge in [-0.05, 0) is 38.8 Å². The number of aromatic nitrogens is 1. The Morgan fingerprint density at radius 1 is 1.22 bits per heavy atom. The summed E-state index contributed by atoms with van der Waals surface area (Å²) in [6, 6.07) is 4.37. The highest BCUT2D eigenvalue weighted by molar-refractivity contribution is 5.45. The fourth-order valence-corrected chi connectivity index (χ4v) is 3.30. The Kier molecular flexibility index (Phi) is 4.88. The Morgan fingerprint density at radius 2 is 2.00 bits per heavy atom. The van der Waals surface area contributed by atoms with E-state index in [2.05, 4.69) is 15.8 Å². The molecule has 1 aliphatic carbocycles. The molecular weight excluding hydrogens is 288 g/mol. The summed E-state index contributed by atoms with van der Waals surface area (Å²) in [5.74, 6) is 5.72. The standard InChI is InChI=1S/C19H24N2O2/c1-4-12-21(16-8-6-5-7-9-16)13-17-15(3)23-19(20-17)18-11-10-14(2)22-18/h1,10-11,16H,5-9,12-13H2,2-3H3. The third-order valence-corrected chi connectivity index (χ3v) is 4.58. The highest BCUT2D eigenvalue weighted by Gasteiger charge is 2.23. The van der Waals surface area contributed by atoms with E-state index in [0.717, 1.165) is 23.8 Å². The van der Waals surface area contributed by atoms with Gasteiger partial charge in [0, 0.05) is 12.6 Å². The molecule has 2 aromatic rings. The van der Waals surface area contributed by atoms with Crippen molar-refractivity contribution in [2.24, 2.45) is 0 Å². The van der Waals surface area contributed by atoms with Crippen LogP contribution in [0, 0.1) is 26.2 Å². The van der Waals surface area contributed by atoms with Crippen molar-refractivity contribution in [2.75, 3.05) is 6.54 Å². The molecule has 1 fully saturated rings. The predicted molar refractivity (Wildman–Crippen MR) is 89.8 cm³/mol. The van der Waals surface area contributed by atoms with Crippen LogP contribution in [0.5, 0.6) is 0 Å². The summed E-state index contributed by atoms with van der Waals surface area (Å²) in [5, 5.41) is 0. The predicted octanol–water partition coefficient (Wildman–Crippen LogP) is 4.32. The van der Waals surface area contributed by atoms with Gasteiger partial charge in [0.2, 0.25) is 0 Å². The molecule has 0 N–H and O–H groups in total. The number of nitrogens with zero attached hydrogens (tertiary/aromatic N) is 2. The molecule has 2 aromatic heterocycles. The Hall–Kier alpha value is -1.99. The Morgan fingerprint density at radius 3 is 2.65 bits per heavy atom. The molecule has 0 aromatic carbocycles. The molecule has 0 spiro atoms. The van der Waals surface area contributed by atoms with E-state index in [1.54, 1.807) is 0 Å². The van der Waals surface area contributed by atoms with E-state index in [0.29, 0.717) is 24.2 Å². The maximum absolute atomic E-state index is 5.80. The van der Waals surface area contributed by atoms with Crippen LogP contribution < -0.4 is 0 Å². The van der Waals surface area contributed by atoms with Crippen molar-refractivity contribution in [3.8, 4) is 24.0 Å². The Bertz CT molecular complexity index is 687. The van der Waals surface area contributed by atoms with Gasteiger partial charge in [-0.3, -0.25) is 4.90 Å². The van der Waals surface area contributed by atoms with Crippen LogP contribution in [0.4, 0.5) is 0 Å². The molecule has 122 valence electrons. The minimum atomic E-state index is 0.551. The monoisotopic (exact) mass is 312 g/mol. The van der Waals surface area contributed by atoms with Crippen LogP contribution in [0.25, 0.3) is 11.7 Å². The first-order valence-electron chi connectivity index (χ1n) is 8.38. The van der Waals surface area contributed by atoms with Crippen LogP contribution in [0.15, 0.2) is 21.0 Å². The Balaban J connectivity index is 1.77. The number of terminal acetylenes is 1. The SMILES string of the molecule is C#CCN(Cc1nc(-c2ccc(C)o2)oc1C)C1CCCCC1. The van der Waals surface area contributed by atoms with Gasteiger partial charge in [-0.2, -0.15) is 0 Å². The Labute approximate surface area is 137 Å². The van der Waals surface area contributed by atoms with Crippen LogP contribution in [-0.4, -0.2) is 22.5 Å². The molecule has 0 unspecified atom stereocenters. The molecule has 0 bridgehead atoms. The van der Waals surface area contributed by atoms with Gasteiger partial charge >= 0.3 is 0 Å². The van der Waals surface area contributed by atoms with E-state index >= 15 is 0 Å². The van der Waals surface area contributed by atoms with Gasteiger partial charge in [-0.15, -0.1) is 6.42 Å². The number of hydrogen-bond acceptors (Lipinski definition) is 4. The quantitative estimate of drug-likeness (QED) is 0.771. The van der Waals surface area contributed by atoms with Crippen molar-refractivity contribution in [2.45, 2.75) is 58.5 Å². The molecule has 3 rings (SSSR count). The van der Waals surface area contributed by atoms with E-state index in [9.17, 15) is 0 Å². The fraction of sp³-hybridized carbons (Fsp3) is 0.526. The molecular formula is C19H24N2O2. The smallest absolute Gasteiger partial charge is 0.263 e. The number of aryl methyl sites for hydroxylation is 2. The van der Waals surface area contributed by atoms with E-state index in [1.807, 2.05) is 26.0 Å². The maximum Gasteiger partial charge on any atom is 0.263 e. The molecule has 0 saturated heterocycles. The molecule has 23 heavy (non-hydrogen) atoms. The van der Waals surface area contributed by atoms with Crippen LogP contribution in [-0.2, 0) is 6.54 Å². The second kappa shape index (κ2) is 7.06. The lowest BCUT2D eigenvalue weighted by Gasteiger charge is -2.32. The van der Waals surface area contributed by atoms with Gasteiger partial charge in [0.25, 0.3) is 5.89 Å². The second-order valence-electron chi connectivity index (χ2n) is 6.33. The number of furan rings is 1. The van der Waals surface area contributed by atoms with Crippen molar-refractivity contribution >= 4 is 0 Å². The largest absolute Gasteiger partial charge is 0.456 e. The van der Waals surface area contributed by atoms with Crippen molar-refractivity contribution in [1.29, 1.82) is 0 Å². The van der Waals surface area contributed by atoms with Crippen molar-refractivity contribution in [3.05, 3.63) is 29.3 Å². The van der Waals surface area contributed by atoms with Crippen LogP contribution in [0.2, 0.25) is 0 Å². The third kappa shape index (κ3) is 3.68. The summed E-state index contributed by atoms with van der Waals surface area (Å²) < 4.78 is 11.4. The second-order valence-corrected chi connectivity index (χ2v) is 6.33.